The van der Waals surface area contributed by atoms with E-state index in [4.69, 9.17) is 4.74 Å². The molecule has 0 spiro atoms. The van der Waals surface area contributed by atoms with Gasteiger partial charge in [0.1, 0.15) is 12.3 Å². The molecule has 2 amide bonds. The number of amides is 2. The molecule has 0 radical (unpaired) electrons. The van der Waals surface area contributed by atoms with Crippen LogP contribution in [0.5, 0.6) is 0 Å². The predicted molar refractivity (Wildman–Crippen MR) is 101 cm³/mol. The highest BCUT2D eigenvalue weighted by Gasteiger charge is 2.47. The molecule has 0 N–H and O–H groups in total. The van der Waals surface area contributed by atoms with Crippen LogP contribution in [0.3, 0.4) is 0 Å². The molecule has 5 nitrogen and oxygen atoms in total. The molecule has 3 rings (SSSR count). The number of methoxy groups -OCH3 is 1. The van der Waals surface area contributed by atoms with E-state index in [1.165, 1.54) is 13.2 Å². The first-order valence-corrected chi connectivity index (χ1v) is 9.45. The second-order valence-corrected chi connectivity index (χ2v) is 7.31. The van der Waals surface area contributed by atoms with Gasteiger partial charge < -0.3 is 14.5 Å². The van der Waals surface area contributed by atoms with E-state index in [2.05, 4.69) is 6.58 Å². The van der Waals surface area contributed by atoms with Crippen LogP contribution < -0.4 is 0 Å². The predicted octanol–water partition coefficient (Wildman–Crippen LogP) is 2.32. The first kappa shape index (κ1) is 19.5. The number of rotatable bonds is 4. The Morgan fingerprint density at radius 3 is 2.44 bits per heavy atom. The average Bonchev–Trinajstić information content (AvgIpc) is 2.73. The fraction of sp³-hybridized carbons (Fsp3) is 0.524. The third kappa shape index (κ3) is 3.76. The number of halogens is 1. The summed E-state index contributed by atoms with van der Waals surface area (Å²) in [7, 11) is 1.48. The number of likely N-dealkylation sites (tertiary alicyclic amines) is 2. The quantitative estimate of drug-likeness (QED) is 0.760. The summed E-state index contributed by atoms with van der Waals surface area (Å²) < 4.78 is 19.2. The lowest BCUT2D eigenvalue weighted by atomic mass is 9.71. The zero-order valence-electron chi connectivity index (χ0n) is 15.8. The van der Waals surface area contributed by atoms with Crippen molar-refractivity contribution in [3.05, 3.63) is 48.6 Å². The average molecular weight is 374 g/mol. The van der Waals surface area contributed by atoms with E-state index in [-0.39, 0.29) is 24.8 Å². The van der Waals surface area contributed by atoms with Crippen LogP contribution in [0.1, 0.15) is 24.8 Å². The van der Waals surface area contributed by atoms with Crippen LogP contribution in [0.4, 0.5) is 4.39 Å². The Balaban J connectivity index is 1.86. The minimum absolute atomic E-state index is 0.00773. The summed E-state index contributed by atoms with van der Waals surface area (Å²) in [4.78, 5) is 29.0. The first-order chi connectivity index (χ1) is 13.0. The molecule has 1 aromatic rings. The molecule has 1 aromatic carbocycles. The van der Waals surface area contributed by atoms with Crippen molar-refractivity contribution >= 4 is 11.8 Å². The Morgan fingerprint density at radius 1 is 1.19 bits per heavy atom. The van der Waals surface area contributed by atoms with Gasteiger partial charge in [-0.15, -0.1) is 0 Å². The van der Waals surface area contributed by atoms with E-state index in [9.17, 15) is 14.0 Å². The highest BCUT2D eigenvalue weighted by Crippen LogP contribution is 2.38. The van der Waals surface area contributed by atoms with Crippen LogP contribution in [-0.4, -0.2) is 67.2 Å². The van der Waals surface area contributed by atoms with Gasteiger partial charge in [0, 0.05) is 33.3 Å². The highest BCUT2D eigenvalue weighted by molar-refractivity contribution is 5.90. The van der Waals surface area contributed by atoms with Gasteiger partial charge in [-0.2, -0.15) is 0 Å². The van der Waals surface area contributed by atoms with Crippen molar-refractivity contribution < 1.29 is 18.7 Å². The molecular formula is C21H27FN2O3. The van der Waals surface area contributed by atoms with Crippen molar-refractivity contribution in [2.45, 2.75) is 37.0 Å². The van der Waals surface area contributed by atoms with Crippen LogP contribution in [0, 0.1) is 0 Å². The standard InChI is InChI=1S/C21H27FN2O3/c1-3-19(25)23-13-10-21(11-14-23,16-7-5-4-6-8-16)20(26)24-12-9-17(22)18(15-24)27-2/h3-8,17-18H,1,9-15H2,2H3/t17-,18-/m1/s1. The van der Waals surface area contributed by atoms with Crippen LogP contribution >= 0.6 is 0 Å². The number of benzene rings is 1. The number of hydrogen-bond donors (Lipinski definition) is 0. The SMILES string of the molecule is C=CC(=O)N1CCC(C(=O)N2CC[C@@H](F)[C@H](OC)C2)(c2ccccc2)CC1. The maximum Gasteiger partial charge on any atom is 0.245 e. The largest absolute Gasteiger partial charge is 0.377 e. The molecular weight excluding hydrogens is 347 g/mol. The topological polar surface area (TPSA) is 49.9 Å². The number of piperidine rings is 2. The molecule has 0 aromatic heterocycles. The minimum Gasteiger partial charge on any atom is -0.377 e. The lowest BCUT2D eigenvalue weighted by Crippen LogP contribution is -2.57. The fourth-order valence-corrected chi connectivity index (χ4v) is 4.22. The van der Waals surface area contributed by atoms with Gasteiger partial charge in [-0.25, -0.2) is 4.39 Å². The van der Waals surface area contributed by atoms with Gasteiger partial charge in [-0.1, -0.05) is 36.9 Å². The molecule has 2 atom stereocenters. The number of carbonyl (C=O) groups is 2. The van der Waals surface area contributed by atoms with Crippen LogP contribution in [0.25, 0.3) is 0 Å². The number of alkyl halides is 1. The third-order valence-corrected chi connectivity index (χ3v) is 5.91. The summed E-state index contributed by atoms with van der Waals surface area (Å²) in [5, 5.41) is 0. The molecule has 146 valence electrons. The number of hydrogen-bond acceptors (Lipinski definition) is 3. The Morgan fingerprint density at radius 2 is 1.85 bits per heavy atom. The highest BCUT2D eigenvalue weighted by atomic mass is 19.1. The van der Waals surface area contributed by atoms with Gasteiger partial charge in [0.2, 0.25) is 11.8 Å². The molecule has 0 aliphatic carbocycles. The van der Waals surface area contributed by atoms with Gasteiger partial charge in [0.15, 0.2) is 0 Å². The van der Waals surface area contributed by atoms with Crippen LogP contribution in [0.15, 0.2) is 43.0 Å². The van der Waals surface area contributed by atoms with E-state index in [1.807, 2.05) is 30.3 Å². The lowest BCUT2D eigenvalue weighted by Gasteiger charge is -2.45. The summed E-state index contributed by atoms with van der Waals surface area (Å²) in [5.41, 5.74) is 0.262. The van der Waals surface area contributed by atoms with Crippen molar-refractivity contribution in [1.82, 2.24) is 9.80 Å². The van der Waals surface area contributed by atoms with Gasteiger partial charge in [-0.3, -0.25) is 9.59 Å². The second-order valence-electron chi connectivity index (χ2n) is 7.31. The summed E-state index contributed by atoms with van der Waals surface area (Å²) >= 11 is 0. The van der Waals surface area contributed by atoms with Crippen molar-refractivity contribution in [2.24, 2.45) is 0 Å². The zero-order valence-corrected chi connectivity index (χ0v) is 15.8. The molecule has 2 heterocycles. The fourth-order valence-electron chi connectivity index (χ4n) is 4.22. The van der Waals surface area contributed by atoms with Gasteiger partial charge >= 0.3 is 0 Å². The van der Waals surface area contributed by atoms with E-state index >= 15 is 0 Å². The number of nitrogens with zero attached hydrogens (tertiary/aromatic N) is 2. The molecule has 2 aliphatic heterocycles. The summed E-state index contributed by atoms with van der Waals surface area (Å²) in [5.74, 6) is -0.102. The molecule has 2 saturated heterocycles. The Labute approximate surface area is 159 Å². The van der Waals surface area contributed by atoms with Crippen LogP contribution in [0.2, 0.25) is 0 Å². The van der Waals surface area contributed by atoms with Gasteiger partial charge in [0.25, 0.3) is 0 Å². The van der Waals surface area contributed by atoms with E-state index in [1.54, 1.807) is 9.80 Å². The third-order valence-electron chi connectivity index (χ3n) is 5.91. The molecule has 0 saturated carbocycles. The van der Waals surface area contributed by atoms with Crippen molar-refractivity contribution in [3.8, 4) is 0 Å². The summed E-state index contributed by atoms with van der Waals surface area (Å²) in [6.45, 7) is 5.20. The minimum atomic E-state index is -1.04. The van der Waals surface area contributed by atoms with Gasteiger partial charge in [-0.05, 0) is 30.9 Å². The van der Waals surface area contributed by atoms with Crippen molar-refractivity contribution in [2.75, 3.05) is 33.3 Å². The molecule has 2 aliphatic rings. The number of carbonyl (C=O) groups excluding carboxylic acids is 2. The Kier molecular flexibility index (Phi) is 5.95. The Hall–Kier alpha value is -2.21. The smallest absolute Gasteiger partial charge is 0.245 e. The van der Waals surface area contributed by atoms with E-state index in [0.29, 0.717) is 32.5 Å². The van der Waals surface area contributed by atoms with Crippen molar-refractivity contribution in [1.29, 1.82) is 0 Å². The lowest BCUT2D eigenvalue weighted by molar-refractivity contribution is -0.146. The number of ether oxygens (including phenoxy) is 1. The van der Waals surface area contributed by atoms with Crippen molar-refractivity contribution in [3.63, 3.8) is 0 Å². The molecule has 27 heavy (non-hydrogen) atoms. The maximum atomic E-state index is 14.0. The van der Waals surface area contributed by atoms with E-state index in [0.717, 1.165) is 5.56 Å². The zero-order chi connectivity index (χ0) is 19.4. The molecule has 0 bridgehead atoms. The normalized spacial score (nSPS) is 25.1. The summed E-state index contributed by atoms with van der Waals surface area (Å²) in [6, 6.07) is 9.72. The molecule has 6 heteroatoms. The van der Waals surface area contributed by atoms with Gasteiger partial charge in [0.05, 0.1) is 5.41 Å². The Bertz CT molecular complexity index is 686. The monoisotopic (exact) mass is 374 g/mol. The second kappa shape index (κ2) is 8.21. The maximum absolute atomic E-state index is 14.0. The molecule has 2 fully saturated rings. The van der Waals surface area contributed by atoms with Crippen LogP contribution in [-0.2, 0) is 19.7 Å². The van der Waals surface area contributed by atoms with E-state index < -0.39 is 17.7 Å². The summed E-state index contributed by atoms with van der Waals surface area (Å²) in [6.07, 6.45) is 1.06. The molecule has 0 unspecified atom stereocenters. The first-order valence-electron chi connectivity index (χ1n) is 9.45.